The van der Waals surface area contributed by atoms with Gasteiger partial charge >= 0.3 is 0 Å². The van der Waals surface area contributed by atoms with Crippen LogP contribution in [-0.4, -0.2) is 44.9 Å². The molecule has 0 aliphatic rings. The molecule has 8 heteroatoms. The van der Waals surface area contributed by atoms with Crippen LogP contribution in [0.4, 0.5) is 0 Å². The number of hydrogen-bond donors (Lipinski definition) is 1. The third-order valence-corrected chi connectivity index (χ3v) is 6.79. The predicted octanol–water partition coefficient (Wildman–Crippen LogP) is 3.60. The van der Waals surface area contributed by atoms with Crippen molar-refractivity contribution in [3.05, 3.63) is 58.1 Å². The van der Waals surface area contributed by atoms with Crippen LogP contribution in [0, 0.1) is 6.92 Å². The quantitative estimate of drug-likeness (QED) is 0.570. The summed E-state index contributed by atoms with van der Waals surface area (Å²) in [4.78, 5) is 12.7. The molecule has 1 amide bonds. The Morgan fingerprint density at radius 3 is 2.50 bits per heavy atom. The molecular weight excluding hydrogens is 444 g/mol. The highest BCUT2D eigenvalue weighted by molar-refractivity contribution is 9.10. The van der Waals surface area contributed by atoms with Crippen LogP contribution in [0.1, 0.15) is 29.8 Å². The second-order valence-corrected chi connectivity index (χ2v) is 8.98. The number of sulfonamides is 1. The zero-order valence-electron chi connectivity index (χ0n) is 16.2. The van der Waals surface area contributed by atoms with Gasteiger partial charge in [-0.2, -0.15) is 4.31 Å². The molecule has 0 aromatic heterocycles. The maximum Gasteiger partial charge on any atom is 0.251 e. The topological polar surface area (TPSA) is 75.7 Å². The third kappa shape index (κ3) is 5.56. The van der Waals surface area contributed by atoms with Gasteiger partial charge in [-0.1, -0.05) is 41.9 Å². The van der Waals surface area contributed by atoms with E-state index in [1.165, 1.54) is 16.4 Å². The normalized spacial score (nSPS) is 11.5. The molecule has 1 N–H and O–H groups in total. The van der Waals surface area contributed by atoms with E-state index in [2.05, 4.69) is 21.2 Å². The Morgan fingerprint density at radius 2 is 1.86 bits per heavy atom. The summed E-state index contributed by atoms with van der Waals surface area (Å²) >= 11 is 3.37. The molecule has 0 saturated heterocycles. The van der Waals surface area contributed by atoms with Crippen molar-refractivity contribution >= 4 is 31.9 Å². The van der Waals surface area contributed by atoms with E-state index >= 15 is 0 Å². The van der Waals surface area contributed by atoms with E-state index in [0.29, 0.717) is 43.1 Å². The van der Waals surface area contributed by atoms with Crippen molar-refractivity contribution in [2.24, 2.45) is 0 Å². The van der Waals surface area contributed by atoms with Gasteiger partial charge in [-0.25, -0.2) is 8.42 Å². The molecule has 0 aliphatic carbocycles. The minimum Gasteiger partial charge on any atom is -0.492 e. The molecule has 0 spiro atoms. The Balaban J connectivity index is 2.04. The first-order valence-corrected chi connectivity index (χ1v) is 11.3. The van der Waals surface area contributed by atoms with Gasteiger partial charge in [-0.05, 0) is 42.8 Å². The molecule has 0 fully saturated rings. The lowest BCUT2D eigenvalue weighted by atomic mass is 10.1. The second kappa shape index (κ2) is 10.0. The van der Waals surface area contributed by atoms with E-state index in [4.69, 9.17) is 4.74 Å². The maximum absolute atomic E-state index is 12.7. The van der Waals surface area contributed by atoms with Crippen LogP contribution < -0.4 is 10.1 Å². The lowest BCUT2D eigenvalue weighted by Gasteiger charge is -2.19. The van der Waals surface area contributed by atoms with E-state index in [1.54, 1.807) is 26.8 Å². The lowest BCUT2D eigenvalue weighted by Crippen LogP contribution is -2.31. The smallest absolute Gasteiger partial charge is 0.251 e. The summed E-state index contributed by atoms with van der Waals surface area (Å²) in [5.41, 5.74) is 1.06. The van der Waals surface area contributed by atoms with Crippen molar-refractivity contribution < 1.29 is 17.9 Å². The minimum atomic E-state index is -3.62. The summed E-state index contributed by atoms with van der Waals surface area (Å²) < 4.78 is 33.3. The number of halogens is 1. The molecule has 0 atom stereocenters. The minimum absolute atomic E-state index is 0.123. The summed E-state index contributed by atoms with van der Waals surface area (Å²) in [7, 11) is -3.62. The fourth-order valence-electron chi connectivity index (χ4n) is 2.70. The van der Waals surface area contributed by atoms with Crippen LogP contribution >= 0.6 is 15.9 Å². The average Bonchev–Trinajstić information content (AvgIpc) is 2.66. The molecule has 28 heavy (non-hydrogen) atoms. The molecule has 0 bridgehead atoms. The van der Waals surface area contributed by atoms with Gasteiger partial charge in [0.05, 0.1) is 11.4 Å². The predicted molar refractivity (Wildman–Crippen MR) is 113 cm³/mol. The molecular formula is C20H25BrN2O4S. The Labute approximate surface area is 175 Å². The van der Waals surface area contributed by atoms with Crippen molar-refractivity contribution in [2.45, 2.75) is 25.7 Å². The molecule has 2 aromatic carbocycles. The largest absolute Gasteiger partial charge is 0.492 e. The van der Waals surface area contributed by atoms with Crippen LogP contribution in [0.3, 0.4) is 0 Å². The Hall–Kier alpha value is -1.90. The number of carbonyl (C=O) groups is 1. The van der Waals surface area contributed by atoms with E-state index in [1.807, 2.05) is 24.3 Å². The van der Waals surface area contributed by atoms with Gasteiger partial charge in [0.2, 0.25) is 10.0 Å². The first kappa shape index (κ1) is 22.4. The Bertz CT molecular complexity index is 928. The molecule has 152 valence electrons. The number of hydrogen-bond acceptors (Lipinski definition) is 4. The van der Waals surface area contributed by atoms with Crippen molar-refractivity contribution in [1.82, 2.24) is 9.62 Å². The number of nitrogens with one attached hydrogen (secondary N) is 1. The van der Waals surface area contributed by atoms with Gasteiger partial charge in [-0.3, -0.25) is 4.79 Å². The highest BCUT2D eigenvalue weighted by Crippen LogP contribution is 2.20. The number of carbonyl (C=O) groups excluding carboxylic acids is 1. The highest BCUT2D eigenvalue weighted by Gasteiger charge is 2.23. The summed E-state index contributed by atoms with van der Waals surface area (Å²) in [6, 6.07) is 12.1. The SMILES string of the molecule is CCN(CC)S(=O)(=O)c1ccc(C)c(C(=O)NCCOc2cccc(Br)c2)c1. The van der Waals surface area contributed by atoms with Crippen LogP contribution in [0.2, 0.25) is 0 Å². The summed E-state index contributed by atoms with van der Waals surface area (Å²) in [5.74, 6) is 0.374. The fraction of sp³-hybridized carbons (Fsp3) is 0.350. The number of ether oxygens (including phenoxy) is 1. The molecule has 0 saturated carbocycles. The average molecular weight is 469 g/mol. The van der Waals surface area contributed by atoms with Gasteiger partial charge in [0, 0.05) is 23.1 Å². The Morgan fingerprint density at radius 1 is 1.14 bits per heavy atom. The van der Waals surface area contributed by atoms with Crippen LogP contribution in [0.25, 0.3) is 0 Å². The number of amides is 1. The lowest BCUT2D eigenvalue weighted by molar-refractivity contribution is 0.0946. The van der Waals surface area contributed by atoms with Crippen molar-refractivity contribution in [3.8, 4) is 5.75 Å². The van der Waals surface area contributed by atoms with Gasteiger partial charge in [0.25, 0.3) is 5.91 Å². The van der Waals surface area contributed by atoms with Crippen LogP contribution in [-0.2, 0) is 10.0 Å². The van der Waals surface area contributed by atoms with Gasteiger partial charge in [0.15, 0.2) is 0 Å². The molecule has 2 rings (SSSR count). The molecule has 0 heterocycles. The van der Waals surface area contributed by atoms with Crippen molar-refractivity contribution in [2.75, 3.05) is 26.2 Å². The maximum atomic E-state index is 12.7. The molecule has 0 unspecified atom stereocenters. The van der Waals surface area contributed by atoms with Crippen molar-refractivity contribution in [1.29, 1.82) is 0 Å². The number of nitrogens with zero attached hydrogens (tertiary/aromatic N) is 1. The van der Waals surface area contributed by atoms with Gasteiger partial charge < -0.3 is 10.1 Å². The molecule has 0 radical (unpaired) electrons. The number of rotatable bonds is 9. The van der Waals surface area contributed by atoms with Gasteiger partial charge in [0.1, 0.15) is 12.4 Å². The molecule has 6 nitrogen and oxygen atoms in total. The third-order valence-electron chi connectivity index (χ3n) is 4.25. The van der Waals surface area contributed by atoms with Crippen molar-refractivity contribution in [3.63, 3.8) is 0 Å². The number of aryl methyl sites for hydroxylation is 1. The van der Waals surface area contributed by atoms with E-state index in [9.17, 15) is 13.2 Å². The first-order valence-electron chi connectivity index (χ1n) is 9.07. The summed E-state index contributed by atoms with van der Waals surface area (Å²) in [6.45, 7) is 6.71. The van der Waals surface area contributed by atoms with Crippen LogP contribution in [0.5, 0.6) is 5.75 Å². The highest BCUT2D eigenvalue weighted by atomic mass is 79.9. The molecule has 0 aliphatic heterocycles. The standard InChI is InChI=1S/C20H25BrN2O4S/c1-4-23(5-2)28(25,26)18-10-9-15(3)19(14-18)20(24)22-11-12-27-17-8-6-7-16(21)13-17/h6-10,13-14H,4-5,11-12H2,1-3H3,(H,22,24). The number of benzene rings is 2. The fourth-order valence-corrected chi connectivity index (χ4v) is 4.57. The monoisotopic (exact) mass is 468 g/mol. The van der Waals surface area contributed by atoms with E-state index in [-0.39, 0.29) is 10.8 Å². The van der Waals surface area contributed by atoms with E-state index in [0.717, 1.165) is 4.47 Å². The zero-order chi connectivity index (χ0) is 20.7. The van der Waals surface area contributed by atoms with Gasteiger partial charge in [-0.15, -0.1) is 0 Å². The molecule has 2 aromatic rings. The van der Waals surface area contributed by atoms with E-state index < -0.39 is 10.0 Å². The first-order chi connectivity index (χ1) is 13.3. The van der Waals surface area contributed by atoms with Crippen LogP contribution in [0.15, 0.2) is 51.8 Å². The Kier molecular flexibility index (Phi) is 8.03. The second-order valence-electron chi connectivity index (χ2n) is 6.13. The summed E-state index contributed by atoms with van der Waals surface area (Å²) in [6.07, 6.45) is 0. The summed E-state index contributed by atoms with van der Waals surface area (Å²) in [5, 5.41) is 2.78. The zero-order valence-corrected chi connectivity index (χ0v) is 18.6.